The van der Waals surface area contributed by atoms with Crippen LogP contribution < -0.4 is 0 Å². The number of rotatable bonds is 6. The average molecular weight is 1200 g/mol. The first kappa shape index (κ1) is 78.4. The normalized spacial score (nSPS) is 36.5. The van der Waals surface area contributed by atoms with Crippen LogP contribution >= 0.6 is 0 Å². The smallest absolute Gasteiger partial charge is 0.0288 e. The Morgan fingerprint density at radius 3 is 1.01 bits per heavy atom. The first-order valence-electron chi connectivity index (χ1n) is 38.9. The first-order valence-corrected chi connectivity index (χ1v) is 38.9. The van der Waals surface area contributed by atoms with Crippen molar-refractivity contribution in [2.24, 2.45) is 154 Å². The van der Waals surface area contributed by atoms with Gasteiger partial charge >= 0.3 is 0 Å². The Hall–Kier alpha value is 0. The fourth-order valence-electron chi connectivity index (χ4n) is 24.5. The Morgan fingerprint density at radius 1 is 0.372 bits per heavy atom. The van der Waals surface area contributed by atoms with Gasteiger partial charge in [0.15, 0.2) is 0 Å². The third-order valence-electron chi connectivity index (χ3n) is 30.8. The third-order valence-corrected chi connectivity index (χ3v) is 30.8. The lowest BCUT2D eigenvalue weighted by Crippen LogP contribution is -2.33. The summed E-state index contributed by atoms with van der Waals surface area (Å²) in [6, 6.07) is 0. The van der Waals surface area contributed by atoms with E-state index >= 15 is 0 Å². The first-order chi connectivity index (χ1) is 38.9. The lowest BCUT2D eigenvalue weighted by atomic mass is 9.61. The zero-order chi connectivity index (χ0) is 66.0. The fraction of sp³-hybridized carbons (Fsp3) is 1.00. The quantitative estimate of drug-likeness (QED) is 0.249. The Balaban J connectivity index is 0.000000211. The topological polar surface area (TPSA) is 0 Å². The molecular formula is C86H166. The molecule has 0 aromatic carbocycles. The van der Waals surface area contributed by atoms with Gasteiger partial charge in [0.1, 0.15) is 0 Å². The molecule has 0 aromatic rings. The number of hydrogen-bond acceptors (Lipinski definition) is 0. The summed E-state index contributed by atoms with van der Waals surface area (Å²) in [5, 5.41) is 0. The van der Waals surface area contributed by atoms with Gasteiger partial charge in [0.25, 0.3) is 0 Å². The molecule has 0 heterocycles. The Labute approximate surface area is 546 Å². The minimum absolute atomic E-state index is 0.526. The van der Waals surface area contributed by atoms with E-state index in [2.05, 4.69) is 228 Å². The van der Waals surface area contributed by atoms with E-state index in [0.29, 0.717) is 65.0 Å². The average Bonchev–Trinajstić information content (AvgIpc) is 1.73. The summed E-state index contributed by atoms with van der Waals surface area (Å²) >= 11 is 0. The van der Waals surface area contributed by atoms with Gasteiger partial charge in [0.05, 0.1) is 0 Å². The maximum atomic E-state index is 2.46. The van der Waals surface area contributed by atoms with Crippen molar-refractivity contribution in [3.63, 3.8) is 0 Å². The molecule has 0 aliphatic heterocycles. The van der Waals surface area contributed by atoms with Crippen molar-refractivity contribution >= 4 is 0 Å². The number of hydrogen-bond donors (Lipinski definition) is 0. The zero-order valence-electron chi connectivity index (χ0n) is 66.0. The van der Waals surface area contributed by atoms with E-state index in [1.54, 1.807) is 32.1 Å². The van der Waals surface area contributed by atoms with Gasteiger partial charge in [0.2, 0.25) is 0 Å². The molecule has 510 valence electrons. The molecule has 11 aliphatic carbocycles. The minimum Gasteiger partial charge on any atom is -0.0651 e. The van der Waals surface area contributed by atoms with Gasteiger partial charge in [-0.3, -0.25) is 0 Å². The van der Waals surface area contributed by atoms with E-state index < -0.39 is 0 Å². The van der Waals surface area contributed by atoms with E-state index in [0.717, 1.165) is 88.8 Å². The molecule has 11 saturated carbocycles. The highest BCUT2D eigenvalue weighted by Gasteiger charge is 2.53. The Kier molecular flexibility index (Phi) is 26.8. The van der Waals surface area contributed by atoms with Crippen LogP contribution in [0.1, 0.15) is 395 Å². The van der Waals surface area contributed by atoms with Crippen LogP contribution in [0.2, 0.25) is 0 Å². The molecule has 0 N–H and O–H groups in total. The van der Waals surface area contributed by atoms with Crippen LogP contribution in [0, 0.1) is 154 Å². The van der Waals surface area contributed by atoms with Crippen molar-refractivity contribution in [2.75, 3.05) is 0 Å². The van der Waals surface area contributed by atoms with Gasteiger partial charge in [-0.15, -0.1) is 0 Å². The molecule has 0 heteroatoms. The Bertz CT molecular complexity index is 1890. The summed E-state index contributed by atoms with van der Waals surface area (Å²) in [7, 11) is 0. The molecule has 6 bridgehead atoms. The van der Waals surface area contributed by atoms with Crippen molar-refractivity contribution < 1.29 is 0 Å². The molecule has 0 spiro atoms. The maximum absolute atomic E-state index is 2.46. The SMILES string of the molecule is CC(C)C1C(C)(C)CCC1(C)C.CC1C2CCC(C2)[C@H]1C.CCC1(C)CC(C)(C)C(C)(C)C1.CCC1C(C)(C)CCC1(C)C.CCC1CC(C)(C)C(C)(C)C1.CCC1CC(C)(C)CC(C)(C)C1.CCC1CC2CCC1C2.C[C@@H]1C2CCC(C2)C1(C)C. The molecule has 0 radical (unpaired) electrons. The van der Waals surface area contributed by atoms with Gasteiger partial charge in [-0.05, 0) is 282 Å². The highest BCUT2D eigenvalue weighted by atomic mass is 14.6. The summed E-state index contributed by atoms with van der Waals surface area (Å²) in [6.45, 7) is 79.7. The minimum atomic E-state index is 0.526. The van der Waals surface area contributed by atoms with E-state index in [1.807, 2.05) is 0 Å². The second-order valence-electron chi connectivity index (χ2n) is 42.3. The van der Waals surface area contributed by atoms with Crippen LogP contribution in [0.25, 0.3) is 0 Å². The number of fused-ring (bicyclic) bond motifs is 6. The van der Waals surface area contributed by atoms with Crippen LogP contribution in [0.3, 0.4) is 0 Å². The van der Waals surface area contributed by atoms with Gasteiger partial charge in [0, 0.05) is 0 Å². The van der Waals surface area contributed by atoms with Crippen LogP contribution in [0.15, 0.2) is 0 Å². The van der Waals surface area contributed by atoms with Crippen molar-refractivity contribution in [3.8, 4) is 0 Å². The monoisotopic (exact) mass is 1200 g/mol. The van der Waals surface area contributed by atoms with E-state index in [4.69, 9.17) is 0 Å². The highest BCUT2D eigenvalue weighted by molar-refractivity contribution is 5.03. The summed E-state index contributed by atoms with van der Waals surface area (Å²) < 4.78 is 0. The molecule has 0 amide bonds. The van der Waals surface area contributed by atoms with Crippen LogP contribution in [0.5, 0.6) is 0 Å². The molecule has 0 aromatic heterocycles. The molecule has 0 nitrogen and oxygen atoms in total. The van der Waals surface area contributed by atoms with Crippen LogP contribution in [-0.2, 0) is 0 Å². The van der Waals surface area contributed by atoms with Gasteiger partial charge in [-0.1, -0.05) is 267 Å². The van der Waals surface area contributed by atoms with E-state index in [-0.39, 0.29) is 0 Å². The van der Waals surface area contributed by atoms with Crippen molar-refractivity contribution in [1.29, 1.82) is 0 Å². The predicted octanol–water partition coefficient (Wildman–Crippen LogP) is 28.9. The molecule has 86 heavy (non-hydrogen) atoms. The van der Waals surface area contributed by atoms with Gasteiger partial charge in [-0.25, -0.2) is 0 Å². The van der Waals surface area contributed by atoms with Crippen molar-refractivity contribution in [1.82, 2.24) is 0 Å². The van der Waals surface area contributed by atoms with Crippen molar-refractivity contribution in [3.05, 3.63) is 0 Å². The molecular weight excluding hydrogens is 1030 g/mol. The van der Waals surface area contributed by atoms with E-state index in [9.17, 15) is 0 Å². The molecule has 11 fully saturated rings. The maximum Gasteiger partial charge on any atom is -0.0288 e. The van der Waals surface area contributed by atoms with Crippen LogP contribution in [-0.4, -0.2) is 0 Å². The summed E-state index contributed by atoms with van der Waals surface area (Å²) in [4.78, 5) is 0. The zero-order valence-corrected chi connectivity index (χ0v) is 66.0. The highest BCUT2D eigenvalue weighted by Crippen LogP contribution is 2.63. The van der Waals surface area contributed by atoms with Crippen LogP contribution in [0.4, 0.5) is 0 Å². The standard InChI is InChI=1S/3C12H24.2C11H22.C10H18.2C9H16/c1-9(2)10-11(3,4)7-8-12(10,5)6;1-7-12(6)8-10(2,3)11(4,5)9-12;1-6-10-7-11(2,3)9-12(4,5)8-10;1-6-9-7-10(2,3)11(4,5)8-9;1-6-9-10(2,3)7-8-11(9,4)5;1-7-8-4-5-9(6-8)10(7,2)3;1-6-7(2)9-4-3-8(6)5-9;1-2-8-5-7-3-4-9(8)6-7/h9-10H,7-8H2,1-6H3;7-9H2,1-6H3;10H,6-9H2,1-5H3;2*9H,6-8H2,1-5H3;7-9H,4-6H2,1-3H3;6-9H,3-5H2,1-2H3;7-9H,2-6H2,1H3/t;;;;;7-,8?,9?;6-,7?,8?,9?;/m.....10./s1. The molecule has 8 unspecified atom stereocenters. The summed E-state index contributed by atoms with van der Waals surface area (Å²) in [5.74, 6) is 15.5. The second kappa shape index (κ2) is 29.3. The lowest BCUT2D eigenvalue weighted by molar-refractivity contribution is 0.0660. The van der Waals surface area contributed by atoms with Gasteiger partial charge in [-0.2, -0.15) is 0 Å². The van der Waals surface area contributed by atoms with Crippen molar-refractivity contribution in [2.45, 2.75) is 395 Å². The largest absolute Gasteiger partial charge is 0.0651 e. The fourth-order valence-corrected chi connectivity index (χ4v) is 24.5. The lowest BCUT2D eigenvalue weighted by Gasteiger charge is -2.44. The molecule has 11 rings (SSSR count). The molecule has 10 atom stereocenters. The predicted molar refractivity (Wildman–Crippen MR) is 389 cm³/mol. The summed E-state index contributed by atoms with van der Waals surface area (Å²) in [5.41, 5.74) is 6.95. The summed E-state index contributed by atoms with van der Waals surface area (Å²) in [6.07, 6.45) is 37.9. The molecule has 11 aliphatic rings. The van der Waals surface area contributed by atoms with Gasteiger partial charge < -0.3 is 0 Å². The van der Waals surface area contributed by atoms with E-state index in [1.165, 1.54) is 135 Å². The Morgan fingerprint density at radius 2 is 0.779 bits per heavy atom. The third kappa shape index (κ3) is 19.6. The second-order valence-corrected chi connectivity index (χ2v) is 42.3. The molecule has 0 saturated heterocycles.